The maximum Gasteiger partial charge on any atom is 0.201 e. The molecule has 1 saturated heterocycles. The van der Waals surface area contributed by atoms with Gasteiger partial charge in [-0.1, -0.05) is 75.2 Å². The molecule has 0 bridgehead atoms. The summed E-state index contributed by atoms with van der Waals surface area (Å²) < 4.78 is 55.3. The van der Waals surface area contributed by atoms with Gasteiger partial charge in [0.05, 0.1) is 12.7 Å². The molecule has 0 aromatic heterocycles. The zero-order valence-corrected chi connectivity index (χ0v) is 20.7. The number of hydrogen-bond donors (Lipinski definition) is 0. The number of rotatable bonds is 10. The first-order valence-corrected chi connectivity index (χ1v) is 12.7. The number of ether oxygens (including phenoxy) is 2. The van der Waals surface area contributed by atoms with Crippen molar-refractivity contribution in [1.29, 1.82) is 0 Å². The van der Waals surface area contributed by atoms with E-state index in [1.165, 1.54) is 37.5 Å². The Labute approximate surface area is 211 Å². The van der Waals surface area contributed by atoms with Crippen molar-refractivity contribution in [3.63, 3.8) is 0 Å². The summed E-state index contributed by atoms with van der Waals surface area (Å²) in [6.45, 7) is 6.42. The van der Waals surface area contributed by atoms with Crippen LogP contribution in [0.2, 0.25) is 0 Å². The zero-order valence-electron chi connectivity index (χ0n) is 20.7. The Balaban J connectivity index is 1.44. The summed E-state index contributed by atoms with van der Waals surface area (Å²) in [5.41, 5.74) is 2.71. The number of benzene rings is 3. The van der Waals surface area contributed by atoms with Gasteiger partial charge >= 0.3 is 0 Å². The Bertz CT molecular complexity index is 1170. The smallest absolute Gasteiger partial charge is 0.201 e. The van der Waals surface area contributed by atoms with Crippen molar-refractivity contribution >= 4 is 0 Å². The summed E-state index contributed by atoms with van der Waals surface area (Å²) in [5, 5.41) is 0. The van der Waals surface area contributed by atoms with Crippen molar-refractivity contribution < 1.29 is 22.6 Å². The second-order valence-corrected chi connectivity index (χ2v) is 9.38. The lowest BCUT2D eigenvalue weighted by Gasteiger charge is -2.29. The lowest BCUT2D eigenvalue weighted by molar-refractivity contribution is -0.00211. The van der Waals surface area contributed by atoms with Crippen LogP contribution in [0.5, 0.6) is 5.75 Å². The Kier molecular flexibility index (Phi) is 8.87. The summed E-state index contributed by atoms with van der Waals surface area (Å²) in [5.74, 6) is -2.28. The van der Waals surface area contributed by atoms with Crippen molar-refractivity contribution in [1.82, 2.24) is 0 Å². The summed E-state index contributed by atoms with van der Waals surface area (Å²) >= 11 is 0. The number of hydrogen-bond acceptors (Lipinski definition) is 2. The molecular weight excluding hydrogens is 461 g/mol. The molecule has 3 aromatic rings. The number of unbranched alkanes of at least 4 members (excludes halogenated alkanes) is 2. The molecule has 0 saturated carbocycles. The van der Waals surface area contributed by atoms with Crippen LogP contribution in [0.4, 0.5) is 13.2 Å². The van der Waals surface area contributed by atoms with Gasteiger partial charge in [-0.3, -0.25) is 0 Å². The minimum atomic E-state index is -1.04. The highest BCUT2D eigenvalue weighted by molar-refractivity contribution is 5.71. The molecule has 190 valence electrons. The van der Waals surface area contributed by atoms with Crippen molar-refractivity contribution in [3.05, 3.63) is 90.3 Å². The van der Waals surface area contributed by atoms with Gasteiger partial charge in [0.15, 0.2) is 11.6 Å². The van der Waals surface area contributed by atoms with Gasteiger partial charge in [0, 0.05) is 17.0 Å². The third-order valence-electron chi connectivity index (χ3n) is 6.87. The van der Waals surface area contributed by atoms with Crippen LogP contribution in [0.15, 0.2) is 67.3 Å². The van der Waals surface area contributed by atoms with Gasteiger partial charge in [0.1, 0.15) is 12.4 Å². The van der Waals surface area contributed by atoms with Gasteiger partial charge in [0.2, 0.25) is 5.82 Å². The fourth-order valence-corrected chi connectivity index (χ4v) is 4.78. The zero-order chi connectivity index (χ0) is 25.5. The molecule has 1 aliphatic heterocycles. The topological polar surface area (TPSA) is 18.5 Å². The molecule has 0 amide bonds. The summed E-state index contributed by atoms with van der Waals surface area (Å²) in [6.07, 6.45) is 8.55. The average Bonchev–Trinajstić information content (AvgIpc) is 2.90. The van der Waals surface area contributed by atoms with E-state index in [1.54, 1.807) is 36.4 Å². The van der Waals surface area contributed by atoms with E-state index >= 15 is 4.39 Å². The molecule has 0 radical (unpaired) electrons. The predicted molar refractivity (Wildman–Crippen MR) is 139 cm³/mol. The quantitative estimate of drug-likeness (QED) is 0.207. The van der Waals surface area contributed by atoms with Gasteiger partial charge in [-0.05, 0) is 54.2 Å². The first-order chi connectivity index (χ1) is 17.5. The van der Waals surface area contributed by atoms with E-state index in [2.05, 4.69) is 13.5 Å². The van der Waals surface area contributed by atoms with E-state index in [4.69, 9.17) is 9.47 Å². The normalized spacial score (nSPS) is 17.7. The Morgan fingerprint density at radius 2 is 1.64 bits per heavy atom. The standard InChI is InChI=1S/C31H33F3O2/c1-3-5-6-7-25-14-12-24(20-36-25)23-13-15-26(28(32)19-23)21-8-10-22(11-9-21)27-16-17-29(35-18-4-2)31(34)30(27)33/h4,8-11,13,15-17,19,24-25H,2-3,5-7,12,14,18,20H2,1H3. The highest BCUT2D eigenvalue weighted by atomic mass is 19.2. The van der Waals surface area contributed by atoms with Gasteiger partial charge < -0.3 is 9.47 Å². The van der Waals surface area contributed by atoms with E-state index in [-0.39, 0.29) is 29.7 Å². The second kappa shape index (κ2) is 12.3. The third-order valence-corrected chi connectivity index (χ3v) is 6.87. The van der Waals surface area contributed by atoms with E-state index in [0.29, 0.717) is 29.4 Å². The summed E-state index contributed by atoms with van der Waals surface area (Å²) in [4.78, 5) is 0. The average molecular weight is 495 g/mol. The molecule has 2 unspecified atom stereocenters. The molecule has 36 heavy (non-hydrogen) atoms. The van der Waals surface area contributed by atoms with E-state index in [0.717, 1.165) is 24.8 Å². The monoisotopic (exact) mass is 494 g/mol. The largest absolute Gasteiger partial charge is 0.486 e. The molecular formula is C31H33F3O2. The molecule has 5 heteroatoms. The fraction of sp³-hybridized carbons (Fsp3) is 0.355. The highest BCUT2D eigenvalue weighted by Crippen LogP contribution is 2.34. The van der Waals surface area contributed by atoms with Crippen LogP contribution in [-0.2, 0) is 4.74 Å². The Hall–Kier alpha value is -3.05. The first-order valence-electron chi connectivity index (χ1n) is 12.7. The molecule has 3 aromatic carbocycles. The van der Waals surface area contributed by atoms with Crippen molar-refractivity contribution in [2.45, 2.75) is 57.5 Å². The molecule has 1 heterocycles. The van der Waals surface area contributed by atoms with Gasteiger partial charge in [-0.15, -0.1) is 0 Å². The van der Waals surface area contributed by atoms with Crippen LogP contribution in [0, 0.1) is 17.5 Å². The van der Waals surface area contributed by atoms with Crippen LogP contribution in [-0.4, -0.2) is 19.3 Å². The fourth-order valence-electron chi connectivity index (χ4n) is 4.78. The van der Waals surface area contributed by atoms with E-state index in [9.17, 15) is 8.78 Å². The van der Waals surface area contributed by atoms with Crippen molar-refractivity contribution in [3.8, 4) is 28.0 Å². The van der Waals surface area contributed by atoms with E-state index in [1.807, 2.05) is 6.07 Å². The van der Waals surface area contributed by atoms with Crippen LogP contribution in [0.3, 0.4) is 0 Å². The molecule has 2 nitrogen and oxygen atoms in total. The summed E-state index contributed by atoms with van der Waals surface area (Å²) in [6, 6.07) is 15.0. The minimum Gasteiger partial charge on any atom is -0.486 e. The second-order valence-electron chi connectivity index (χ2n) is 9.38. The van der Waals surface area contributed by atoms with Gasteiger partial charge in [0.25, 0.3) is 0 Å². The third kappa shape index (κ3) is 6.01. The molecule has 2 atom stereocenters. The van der Waals surface area contributed by atoms with Crippen LogP contribution < -0.4 is 4.74 Å². The molecule has 0 N–H and O–H groups in total. The van der Waals surface area contributed by atoms with Crippen LogP contribution in [0.1, 0.15) is 56.9 Å². The number of halogens is 3. The summed E-state index contributed by atoms with van der Waals surface area (Å²) in [7, 11) is 0. The Morgan fingerprint density at radius 1 is 0.917 bits per heavy atom. The van der Waals surface area contributed by atoms with Gasteiger partial charge in [-0.25, -0.2) is 8.78 Å². The first kappa shape index (κ1) is 26.0. The Morgan fingerprint density at radius 3 is 2.28 bits per heavy atom. The minimum absolute atomic E-state index is 0.0854. The van der Waals surface area contributed by atoms with Crippen LogP contribution >= 0.6 is 0 Å². The van der Waals surface area contributed by atoms with Crippen LogP contribution in [0.25, 0.3) is 22.3 Å². The molecule has 0 spiro atoms. The maximum absolute atomic E-state index is 15.1. The lowest BCUT2D eigenvalue weighted by Crippen LogP contribution is -2.24. The van der Waals surface area contributed by atoms with E-state index < -0.39 is 11.6 Å². The SMILES string of the molecule is C=CCOc1ccc(-c2ccc(-c3ccc(C4CCC(CCCCC)OC4)cc3F)cc2)c(F)c1F. The van der Waals surface area contributed by atoms with Crippen molar-refractivity contribution in [2.24, 2.45) is 0 Å². The maximum atomic E-state index is 15.1. The van der Waals surface area contributed by atoms with Gasteiger partial charge in [-0.2, -0.15) is 4.39 Å². The predicted octanol–water partition coefficient (Wildman–Crippen LogP) is 8.85. The molecule has 0 aliphatic carbocycles. The lowest BCUT2D eigenvalue weighted by atomic mass is 9.89. The van der Waals surface area contributed by atoms with Crippen molar-refractivity contribution in [2.75, 3.05) is 13.2 Å². The molecule has 1 fully saturated rings. The highest BCUT2D eigenvalue weighted by Gasteiger charge is 2.23. The molecule has 1 aliphatic rings. The molecule has 4 rings (SSSR count).